The predicted molar refractivity (Wildman–Crippen MR) is 86.6 cm³/mol. The highest BCUT2D eigenvalue weighted by Gasteiger charge is 2.30. The average Bonchev–Trinajstić information content (AvgIpc) is 3.31. The van der Waals surface area contributed by atoms with Crippen molar-refractivity contribution in [3.63, 3.8) is 0 Å². The summed E-state index contributed by atoms with van der Waals surface area (Å²) in [6, 6.07) is 7.90. The third-order valence-electron chi connectivity index (χ3n) is 4.26. The minimum Gasteiger partial charge on any atom is -0.368 e. The van der Waals surface area contributed by atoms with Crippen LogP contribution in [0.5, 0.6) is 0 Å². The van der Waals surface area contributed by atoms with Crippen LogP contribution < -0.4 is 10.2 Å². The van der Waals surface area contributed by atoms with Crippen molar-refractivity contribution < 1.29 is 0 Å². The molecule has 0 saturated heterocycles. The van der Waals surface area contributed by atoms with Gasteiger partial charge in [-0.3, -0.25) is 0 Å². The molecule has 1 aromatic rings. The lowest BCUT2D eigenvalue weighted by molar-refractivity contribution is 0.673. The Morgan fingerprint density at radius 3 is 2.70 bits per heavy atom. The van der Waals surface area contributed by atoms with Gasteiger partial charge in [0.15, 0.2) is 0 Å². The van der Waals surface area contributed by atoms with Gasteiger partial charge >= 0.3 is 0 Å². The maximum Gasteiger partial charge on any atom is 0.0429 e. The van der Waals surface area contributed by atoms with E-state index in [2.05, 4.69) is 29.3 Å². The molecule has 0 radical (unpaired) electrons. The lowest BCUT2D eigenvalue weighted by Crippen LogP contribution is -2.29. The first-order valence-corrected chi connectivity index (χ1v) is 8.44. The van der Waals surface area contributed by atoms with E-state index >= 15 is 0 Å². The van der Waals surface area contributed by atoms with E-state index in [0.717, 1.165) is 30.2 Å². The van der Waals surface area contributed by atoms with E-state index < -0.39 is 0 Å². The fourth-order valence-corrected chi connectivity index (χ4v) is 2.88. The van der Waals surface area contributed by atoms with Gasteiger partial charge in [-0.25, -0.2) is 0 Å². The standard InChI is InChI=1S/C17H25ClN2/c1-2-3-10-20(16-8-9-16)17-11-14(18)5-4-13(17)12-19-15-6-7-15/h4-5,11,15-16,19H,2-3,6-10,12H2,1H3. The summed E-state index contributed by atoms with van der Waals surface area (Å²) >= 11 is 6.25. The second-order valence-electron chi connectivity index (χ2n) is 6.21. The molecule has 110 valence electrons. The van der Waals surface area contributed by atoms with Gasteiger partial charge in [0.05, 0.1) is 0 Å². The van der Waals surface area contributed by atoms with Crippen molar-refractivity contribution in [1.29, 1.82) is 0 Å². The minimum absolute atomic E-state index is 0.750. The summed E-state index contributed by atoms with van der Waals surface area (Å²) in [5.74, 6) is 0. The quantitative estimate of drug-likeness (QED) is 0.766. The molecule has 2 fully saturated rings. The molecule has 0 aromatic heterocycles. The normalized spacial score (nSPS) is 18.3. The van der Waals surface area contributed by atoms with Crippen LogP contribution in [-0.2, 0) is 6.54 Å². The Morgan fingerprint density at radius 1 is 1.25 bits per heavy atom. The van der Waals surface area contributed by atoms with Gasteiger partial charge in [0, 0.05) is 35.9 Å². The van der Waals surface area contributed by atoms with Gasteiger partial charge in [-0.2, -0.15) is 0 Å². The number of unbranched alkanes of at least 4 members (excludes halogenated alkanes) is 1. The number of halogens is 1. The number of rotatable bonds is 8. The van der Waals surface area contributed by atoms with E-state index in [1.165, 1.54) is 49.8 Å². The summed E-state index contributed by atoms with van der Waals surface area (Å²) in [7, 11) is 0. The Kier molecular flexibility index (Phi) is 4.52. The van der Waals surface area contributed by atoms with Gasteiger partial charge in [0.1, 0.15) is 0 Å². The number of anilines is 1. The molecule has 1 N–H and O–H groups in total. The van der Waals surface area contributed by atoms with Crippen molar-refractivity contribution in [2.24, 2.45) is 0 Å². The highest BCUT2D eigenvalue weighted by atomic mass is 35.5. The molecule has 0 bridgehead atoms. The van der Waals surface area contributed by atoms with Crippen LogP contribution in [0.1, 0.15) is 51.0 Å². The van der Waals surface area contributed by atoms with Crippen LogP contribution >= 0.6 is 11.6 Å². The highest BCUT2D eigenvalue weighted by Crippen LogP contribution is 2.35. The summed E-state index contributed by atoms with van der Waals surface area (Å²) < 4.78 is 0. The average molecular weight is 293 g/mol. The third kappa shape index (κ3) is 3.67. The molecule has 0 aliphatic heterocycles. The molecule has 0 atom stereocenters. The Balaban J connectivity index is 1.77. The van der Waals surface area contributed by atoms with Crippen LogP contribution in [-0.4, -0.2) is 18.6 Å². The van der Waals surface area contributed by atoms with Crippen LogP contribution in [0.2, 0.25) is 5.02 Å². The molecule has 0 amide bonds. The number of hydrogen-bond donors (Lipinski definition) is 1. The molecular formula is C17H25ClN2. The summed E-state index contributed by atoms with van der Waals surface area (Å²) in [6.07, 6.45) is 7.87. The molecule has 1 aromatic carbocycles. The lowest BCUT2D eigenvalue weighted by atomic mass is 10.1. The maximum atomic E-state index is 6.25. The molecule has 0 unspecified atom stereocenters. The molecule has 0 heterocycles. The summed E-state index contributed by atoms with van der Waals surface area (Å²) in [4.78, 5) is 2.60. The SMILES string of the molecule is CCCCN(c1cc(Cl)ccc1CNC1CC1)C1CC1. The second-order valence-corrected chi connectivity index (χ2v) is 6.64. The molecule has 3 heteroatoms. The van der Waals surface area contributed by atoms with Crippen LogP contribution in [0.25, 0.3) is 0 Å². The van der Waals surface area contributed by atoms with Crippen LogP contribution in [0.4, 0.5) is 5.69 Å². The smallest absolute Gasteiger partial charge is 0.0429 e. The van der Waals surface area contributed by atoms with Crippen LogP contribution in [0.15, 0.2) is 18.2 Å². The molecule has 2 aliphatic rings. The summed E-state index contributed by atoms with van der Waals surface area (Å²) in [5, 5.41) is 4.49. The third-order valence-corrected chi connectivity index (χ3v) is 4.49. The number of benzene rings is 1. The van der Waals surface area contributed by atoms with Crippen LogP contribution in [0.3, 0.4) is 0 Å². The van der Waals surface area contributed by atoms with Gasteiger partial charge < -0.3 is 10.2 Å². The fourth-order valence-electron chi connectivity index (χ4n) is 2.71. The Hall–Kier alpha value is -0.730. The first-order valence-electron chi connectivity index (χ1n) is 8.06. The molecule has 20 heavy (non-hydrogen) atoms. The Morgan fingerprint density at radius 2 is 2.05 bits per heavy atom. The molecule has 2 saturated carbocycles. The van der Waals surface area contributed by atoms with E-state index in [-0.39, 0.29) is 0 Å². The second kappa shape index (κ2) is 6.36. The van der Waals surface area contributed by atoms with Crippen molar-refractivity contribution in [3.05, 3.63) is 28.8 Å². The van der Waals surface area contributed by atoms with Crippen molar-refractivity contribution in [1.82, 2.24) is 5.32 Å². The molecule has 2 aliphatic carbocycles. The molecule has 0 spiro atoms. The van der Waals surface area contributed by atoms with E-state index in [1.807, 2.05) is 6.07 Å². The van der Waals surface area contributed by atoms with E-state index in [9.17, 15) is 0 Å². The number of hydrogen-bond acceptors (Lipinski definition) is 2. The zero-order chi connectivity index (χ0) is 13.9. The van der Waals surface area contributed by atoms with Gasteiger partial charge in [-0.1, -0.05) is 31.0 Å². The number of nitrogens with one attached hydrogen (secondary N) is 1. The molecule has 3 rings (SSSR count). The van der Waals surface area contributed by atoms with Crippen molar-refractivity contribution in [3.8, 4) is 0 Å². The fraction of sp³-hybridized carbons (Fsp3) is 0.647. The van der Waals surface area contributed by atoms with Crippen molar-refractivity contribution in [2.75, 3.05) is 11.4 Å². The van der Waals surface area contributed by atoms with Crippen molar-refractivity contribution in [2.45, 2.75) is 64.1 Å². The van der Waals surface area contributed by atoms with Gasteiger partial charge in [-0.15, -0.1) is 0 Å². The topological polar surface area (TPSA) is 15.3 Å². The first-order chi connectivity index (χ1) is 9.78. The van der Waals surface area contributed by atoms with Gasteiger partial charge in [-0.05, 0) is 49.8 Å². The molecule has 2 nitrogen and oxygen atoms in total. The molecular weight excluding hydrogens is 268 g/mol. The van der Waals surface area contributed by atoms with Gasteiger partial charge in [0.2, 0.25) is 0 Å². The lowest BCUT2D eigenvalue weighted by Gasteiger charge is -2.27. The highest BCUT2D eigenvalue weighted by molar-refractivity contribution is 6.30. The van der Waals surface area contributed by atoms with E-state index in [0.29, 0.717) is 0 Å². The van der Waals surface area contributed by atoms with Crippen LogP contribution in [0, 0.1) is 0 Å². The maximum absolute atomic E-state index is 6.25. The predicted octanol–water partition coefficient (Wildman–Crippen LogP) is 4.36. The van der Waals surface area contributed by atoms with Crippen molar-refractivity contribution >= 4 is 17.3 Å². The Bertz CT molecular complexity index is 452. The Labute approximate surface area is 127 Å². The van der Waals surface area contributed by atoms with E-state index in [4.69, 9.17) is 11.6 Å². The summed E-state index contributed by atoms with van der Waals surface area (Å²) in [5.41, 5.74) is 2.77. The number of nitrogens with zero attached hydrogens (tertiary/aromatic N) is 1. The monoisotopic (exact) mass is 292 g/mol. The van der Waals surface area contributed by atoms with Gasteiger partial charge in [0.25, 0.3) is 0 Å². The van der Waals surface area contributed by atoms with E-state index in [1.54, 1.807) is 0 Å². The summed E-state index contributed by atoms with van der Waals surface area (Å²) in [6.45, 7) is 4.41. The zero-order valence-electron chi connectivity index (χ0n) is 12.4. The largest absolute Gasteiger partial charge is 0.368 e. The first kappa shape index (κ1) is 14.2. The zero-order valence-corrected chi connectivity index (χ0v) is 13.1. The minimum atomic E-state index is 0.750.